The van der Waals surface area contributed by atoms with Crippen molar-refractivity contribution in [2.24, 2.45) is 0 Å². The molecule has 9 heteroatoms. The molecule has 0 bridgehead atoms. The maximum atomic E-state index is 13.7. The van der Waals surface area contributed by atoms with Crippen LogP contribution in [0.1, 0.15) is 25.3 Å². The molecule has 0 N–H and O–H groups in total. The van der Waals surface area contributed by atoms with E-state index >= 15 is 0 Å². The second-order valence-corrected chi connectivity index (χ2v) is 7.79. The zero-order valence-corrected chi connectivity index (χ0v) is 17.3. The van der Waals surface area contributed by atoms with Gasteiger partial charge in [0.25, 0.3) is 5.56 Å². The molecule has 0 amide bonds. The maximum absolute atomic E-state index is 13.7. The van der Waals surface area contributed by atoms with Crippen LogP contribution in [-0.2, 0) is 10.5 Å². The monoisotopic (exact) mass is 430 g/mol. The Morgan fingerprint density at radius 3 is 2.47 bits per heavy atom. The van der Waals surface area contributed by atoms with Gasteiger partial charge >= 0.3 is 6.55 Å². The lowest BCUT2D eigenvalue weighted by molar-refractivity contribution is 0.0722. The highest BCUT2D eigenvalue weighted by Gasteiger charge is 2.20. The molecule has 1 atom stereocenters. The fourth-order valence-electron chi connectivity index (χ4n) is 3.47. The summed E-state index contributed by atoms with van der Waals surface area (Å²) in [6, 6.07) is 13.6. The van der Waals surface area contributed by atoms with Crippen LogP contribution in [0.4, 0.5) is 8.78 Å². The number of thioether (sulfide) groups is 1. The molecule has 2 aromatic carbocycles. The predicted molar refractivity (Wildman–Crippen MR) is 113 cm³/mol. The third-order valence-electron chi connectivity index (χ3n) is 4.82. The van der Waals surface area contributed by atoms with Crippen LogP contribution in [-0.4, -0.2) is 32.8 Å². The highest BCUT2D eigenvalue weighted by atomic mass is 32.2. The number of nitrogens with zero attached hydrogens (tertiary/aromatic N) is 4. The number of methoxy groups -OCH3 is 1. The Hall–Kier alpha value is -2.78. The molecule has 0 saturated carbocycles. The fraction of sp³-hybridized carbons (Fsp3) is 0.286. The van der Waals surface area contributed by atoms with E-state index in [1.807, 2.05) is 13.0 Å². The Kier molecular flexibility index (Phi) is 5.83. The average Bonchev–Trinajstić information content (AvgIpc) is 3.11. The molecule has 0 aliphatic rings. The number of imidazole rings is 1. The summed E-state index contributed by atoms with van der Waals surface area (Å²) in [6.45, 7) is -0.532. The van der Waals surface area contributed by atoms with Crippen LogP contribution in [0.2, 0.25) is 0 Å². The largest absolute Gasteiger partial charge is 0.383 e. The minimum absolute atomic E-state index is 0.142. The van der Waals surface area contributed by atoms with Crippen molar-refractivity contribution in [1.29, 1.82) is 0 Å². The van der Waals surface area contributed by atoms with E-state index in [1.54, 1.807) is 54.1 Å². The van der Waals surface area contributed by atoms with Crippen LogP contribution < -0.4 is 5.56 Å². The Morgan fingerprint density at radius 2 is 1.73 bits per heavy atom. The highest BCUT2D eigenvalue weighted by Crippen LogP contribution is 2.29. The Bertz CT molecular complexity index is 1250. The van der Waals surface area contributed by atoms with Gasteiger partial charge in [-0.2, -0.15) is 8.78 Å². The van der Waals surface area contributed by atoms with E-state index in [4.69, 9.17) is 4.74 Å². The van der Waals surface area contributed by atoms with Crippen molar-refractivity contribution < 1.29 is 13.5 Å². The average molecular weight is 430 g/mol. The summed E-state index contributed by atoms with van der Waals surface area (Å²) >= 11 is 1.21. The first-order chi connectivity index (χ1) is 14.5. The highest BCUT2D eigenvalue weighted by molar-refractivity contribution is 7.98. The first-order valence-corrected chi connectivity index (χ1v) is 10.4. The number of hydrogen-bond acceptors (Lipinski definition) is 5. The Labute approximate surface area is 175 Å². The molecule has 156 valence electrons. The molecule has 0 radical (unpaired) electrons. The number of ether oxygens (including phenoxy) is 1. The molecule has 0 fully saturated rings. The second-order valence-electron chi connectivity index (χ2n) is 6.84. The van der Waals surface area contributed by atoms with Gasteiger partial charge in [0, 0.05) is 7.11 Å². The van der Waals surface area contributed by atoms with E-state index in [9.17, 15) is 13.6 Å². The molecule has 0 saturated heterocycles. The topological polar surface area (TPSA) is 61.9 Å². The molecule has 4 aromatic rings. The Morgan fingerprint density at radius 1 is 1.03 bits per heavy atom. The van der Waals surface area contributed by atoms with Crippen molar-refractivity contribution in [3.8, 4) is 0 Å². The van der Waals surface area contributed by atoms with Gasteiger partial charge in [-0.1, -0.05) is 36.0 Å². The molecule has 0 aliphatic carbocycles. The smallest absolute Gasteiger partial charge is 0.320 e. The number of rotatable bonds is 7. The van der Waals surface area contributed by atoms with Gasteiger partial charge in [0.15, 0.2) is 5.16 Å². The van der Waals surface area contributed by atoms with Gasteiger partial charge < -0.3 is 4.74 Å². The molecule has 4 rings (SSSR count). The van der Waals surface area contributed by atoms with Gasteiger partial charge in [-0.15, -0.1) is 0 Å². The minimum Gasteiger partial charge on any atom is -0.383 e. The number of benzene rings is 2. The van der Waals surface area contributed by atoms with Gasteiger partial charge in [0.05, 0.1) is 40.3 Å². The van der Waals surface area contributed by atoms with Crippen molar-refractivity contribution in [3.05, 3.63) is 64.7 Å². The summed E-state index contributed by atoms with van der Waals surface area (Å²) in [5.41, 5.74) is 1.26. The van der Waals surface area contributed by atoms with E-state index in [0.29, 0.717) is 33.7 Å². The summed E-state index contributed by atoms with van der Waals surface area (Å²) in [6.07, 6.45) is 0. The van der Waals surface area contributed by atoms with Crippen LogP contribution in [0, 0.1) is 0 Å². The summed E-state index contributed by atoms with van der Waals surface area (Å²) in [7, 11) is 1.56. The van der Waals surface area contributed by atoms with Crippen LogP contribution in [0.5, 0.6) is 0 Å². The minimum atomic E-state index is -2.72. The Balaban J connectivity index is 1.77. The van der Waals surface area contributed by atoms with Crippen molar-refractivity contribution in [2.45, 2.75) is 30.4 Å². The van der Waals surface area contributed by atoms with Crippen molar-refractivity contribution in [2.75, 3.05) is 13.7 Å². The van der Waals surface area contributed by atoms with Crippen molar-refractivity contribution in [3.63, 3.8) is 0 Å². The summed E-state index contributed by atoms with van der Waals surface area (Å²) < 4.78 is 35.1. The van der Waals surface area contributed by atoms with Gasteiger partial charge in [-0.25, -0.2) is 9.97 Å². The van der Waals surface area contributed by atoms with Crippen molar-refractivity contribution >= 4 is 33.7 Å². The number of para-hydroxylation sites is 3. The number of halogens is 2. The van der Waals surface area contributed by atoms with Crippen LogP contribution in [0.3, 0.4) is 0 Å². The zero-order valence-electron chi connectivity index (χ0n) is 16.5. The first-order valence-electron chi connectivity index (χ1n) is 9.38. The maximum Gasteiger partial charge on any atom is 0.320 e. The molecule has 0 spiro atoms. The van der Waals surface area contributed by atoms with Gasteiger partial charge in [0.2, 0.25) is 0 Å². The number of hydrogen-bond donors (Lipinski definition) is 0. The van der Waals surface area contributed by atoms with E-state index in [2.05, 4.69) is 9.97 Å². The predicted octanol–water partition coefficient (Wildman–Crippen LogP) is 4.64. The molecule has 2 heterocycles. The van der Waals surface area contributed by atoms with Gasteiger partial charge in [-0.05, 0) is 31.2 Å². The zero-order chi connectivity index (χ0) is 21.3. The van der Waals surface area contributed by atoms with Crippen molar-refractivity contribution in [1.82, 2.24) is 19.1 Å². The quantitative estimate of drug-likeness (QED) is 0.316. The lowest BCUT2D eigenvalue weighted by Gasteiger charge is -2.19. The molecular formula is C21H20F2N4O2S. The summed E-state index contributed by atoms with van der Waals surface area (Å²) in [4.78, 5) is 22.1. The number of fused-ring (bicyclic) bond motifs is 2. The number of alkyl halides is 2. The lowest BCUT2D eigenvalue weighted by atomic mass is 10.2. The summed E-state index contributed by atoms with van der Waals surface area (Å²) in [5, 5.41) is 0.945. The molecule has 30 heavy (non-hydrogen) atoms. The summed E-state index contributed by atoms with van der Waals surface area (Å²) in [5.74, 6) is 0.369. The standard InChI is InChI=1S/C21H20F2N4O2S/c1-13(11-29-2)26-19(28)14-7-3-4-8-15(14)25-21(26)30-12-18-24-16-9-5-6-10-17(16)27(18)20(22)23/h3-10,13,20H,11-12H2,1-2H3/t13-/m1/s1. The van der Waals surface area contributed by atoms with Crippen LogP contribution in [0.15, 0.2) is 58.5 Å². The van der Waals surface area contributed by atoms with Crippen LogP contribution >= 0.6 is 11.8 Å². The van der Waals surface area contributed by atoms with Gasteiger partial charge in [0.1, 0.15) is 5.82 Å². The number of aromatic nitrogens is 4. The third kappa shape index (κ3) is 3.70. The first kappa shape index (κ1) is 20.5. The molecular weight excluding hydrogens is 410 g/mol. The fourth-order valence-corrected chi connectivity index (χ4v) is 4.50. The third-order valence-corrected chi connectivity index (χ3v) is 5.77. The van der Waals surface area contributed by atoms with E-state index in [-0.39, 0.29) is 23.2 Å². The molecule has 2 aromatic heterocycles. The lowest BCUT2D eigenvalue weighted by Crippen LogP contribution is -2.28. The van der Waals surface area contributed by atoms with Crippen LogP contribution in [0.25, 0.3) is 21.9 Å². The van der Waals surface area contributed by atoms with Gasteiger partial charge in [-0.3, -0.25) is 13.9 Å². The van der Waals surface area contributed by atoms with E-state index in [1.165, 1.54) is 11.8 Å². The molecule has 6 nitrogen and oxygen atoms in total. The van der Waals surface area contributed by atoms with E-state index in [0.717, 1.165) is 4.57 Å². The SMILES string of the molecule is COC[C@@H](C)n1c(SCc2nc3ccccc3n2C(F)F)nc2ccccc2c1=O. The normalized spacial score (nSPS) is 12.8. The second kappa shape index (κ2) is 8.53. The molecule has 0 aliphatic heterocycles. The molecule has 0 unspecified atom stereocenters. The van der Waals surface area contributed by atoms with E-state index < -0.39 is 6.55 Å².